The standard InChI is InChI=1S/C8H13NO/c10-8-7-4-2-1-3-6(7)5-9-8/h8-10H,1-5H2. The topological polar surface area (TPSA) is 32.3 Å². The van der Waals surface area contributed by atoms with Crippen LogP contribution in [0.15, 0.2) is 11.1 Å². The van der Waals surface area contributed by atoms with Crippen LogP contribution in [0, 0.1) is 0 Å². The summed E-state index contributed by atoms with van der Waals surface area (Å²) in [5.74, 6) is 0. The fourth-order valence-electron chi connectivity index (χ4n) is 1.87. The van der Waals surface area contributed by atoms with E-state index in [1.165, 1.54) is 30.4 Å². The molecule has 0 aromatic heterocycles. The number of rotatable bonds is 0. The Morgan fingerprint density at radius 1 is 1.30 bits per heavy atom. The SMILES string of the molecule is OC1NCC2=C1CCCC2. The van der Waals surface area contributed by atoms with Gasteiger partial charge in [0.1, 0.15) is 6.23 Å². The van der Waals surface area contributed by atoms with E-state index >= 15 is 0 Å². The van der Waals surface area contributed by atoms with Crippen molar-refractivity contribution in [3.05, 3.63) is 11.1 Å². The maximum Gasteiger partial charge on any atom is 0.127 e. The highest BCUT2D eigenvalue weighted by atomic mass is 16.3. The lowest BCUT2D eigenvalue weighted by Crippen LogP contribution is -2.23. The van der Waals surface area contributed by atoms with E-state index < -0.39 is 0 Å². The summed E-state index contributed by atoms with van der Waals surface area (Å²) in [5, 5.41) is 12.4. The van der Waals surface area contributed by atoms with Gasteiger partial charge < -0.3 is 5.11 Å². The molecule has 1 aliphatic heterocycles. The Labute approximate surface area is 60.9 Å². The summed E-state index contributed by atoms with van der Waals surface area (Å²) in [5.41, 5.74) is 2.75. The lowest BCUT2D eigenvalue weighted by atomic mass is 9.93. The number of nitrogens with one attached hydrogen (secondary N) is 1. The molecule has 0 fully saturated rings. The van der Waals surface area contributed by atoms with Gasteiger partial charge in [-0.3, -0.25) is 5.32 Å². The van der Waals surface area contributed by atoms with Crippen LogP contribution < -0.4 is 5.32 Å². The predicted octanol–water partition coefficient (Wildman–Crippen LogP) is 0.779. The third kappa shape index (κ3) is 0.879. The molecular weight excluding hydrogens is 126 g/mol. The van der Waals surface area contributed by atoms with E-state index in [0.29, 0.717) is 0 Å². The van der Waals surface area contributed by atoms with E-state index in [4.69, 9.17) is 0 Å². The van der Waals surface area contributed by atoms with Crippen LogP contribution in [0.3, 0.4) is 0 Å². The normalized spacial score (nSPS) is 32.7. The average molecular weight is 139 g/mol. The zero-order valence-electron chi connectivity index (χ0n) is 6.06. The summed E-state index contributed by atoms with van der Waals surface area (Å²) in [6.07, 6.45) is 4.59. The van der Waals surface area contributed by atoms with Gasteiger partial charge in [-0.25, -0.2) is 0 Å². The van der Waals surface area contributed by atoms with Crippen molar-refractivity contribution in [2.24, 2.45) is 0 Å². The highest BCUT2D eigenvalue weighted by Crippen LogP contribution is 2.29. The third-order valence-corrected chi connectivity index (χ3v) is 2.47. The molecule has 2 rings (SSSR count). The van der Waals surface area contributed by atoms with Crippen LogP contribution in [0.25, 0.3) is 0 Å². The van der Waals surface area contributed by atoms with Gasteiger partial charge in [-0.15, -0.1) is 0 Å². The minimum absolute atomic E-state index is 0.310. The van der Waals surface area contributed by atoms with Gasteiger partial charge in [0.15, 0.2) is 0 Å². The van der Waals surface area contributed by atoms with Crippen LogP contribution in [0.4, 0.5) is 0 Å². The number of hydrogen-bond donors (Lipinski definition) is 2. The minimum Gasteiger partial charge on any atom is -0.375 e. The molecule has 0 spiro atoms. The van der Waals surface area contributed by atoms with Crippen molar-refractivity contribution in [2.45, 2.75) is 31.9 Å². The molecule has 2 nitrogen and oxygen atoms in total. The Kier molecular flexibility index (Phi) is 1.51. The fraction of sp³-hybridized carbons (Fsp3) is 0.750. The Balaban J connectivity index is 2.20. The molecule has 0 saturated heterocycles. The summed E-state index contributed by atoms with van der Waals surface area (Å²) in [6.45, 7) is 0.927. The van der Waals surface area contributed by atoms with Crippen molar-refractivity contribution in [1.82, 2.24) is 5.32 Å². The van der Waals surface area contributed by atoms with Crippen LogP contribution in [0.5, 0.6) is 0 Å². The summed E-state index contributed by atoms with van der Waals surface area (Å²) in [4.78, 5) is 0. The van der Waals surface area contributed by atoms with Gasteiger partial charge in [-0.1, -0.05) is 5.57 Å². The predicted molar refractivity (Wildman–Crippen MR) is 39.5 cm³/mol. The van der Waals surface area contributed by atoms with Crippen molar-refractivity contribution >= 4 is 0 Å². The molecule has 1 atom stereocenters. The van der Waals surface area contributed by atoms with E-state index in [0.717, 1.165) is 13.0 Å². The van der Waals surface area contributed by atoms with Crippen molar-refractivity contribution in [3.8, 4) is 0 Å². The molecule has 1 heterocycles. The van der Waals surface area contributed by atoms with Crippen LogP contribution in [-0.4, -0.2) is 17.9 Å². The number of aliphatic hydroxyl groups excluding tert-OH is 1. The van der Waals surface area contributed by atoms with Gasteiger partial charge in [-0.2, -0.15) is 0 Å². The number of hydrogen-bond acceptors (Lipinski definition) is 2. The smallest absolute Gasteiger partial charge is 0.127 e. The first-order valence-electron chi connectivity index (χ1n) is 4.00. The van der Waals surface area contributed by atoms with Gasteiger partial charge in [0.25, 0.3) is 0 Å². The van der Waals surface area contributed by atoms with Crippen molar-refractivity contribution in [1.29, 1.82) is 0 Å². The van der Waals surface area contributed by atoms with Gasteiger partial charge >= 0.3 is 0 Å². The molecule has 2 aliphatic rings. The quantitative estimate of drug-likeness (QED) is 0.486. The highest BCUT2D eigenvalue weighted by molar-refractivity contribution is 5.26. The molecule has 0 amide bonds. The monoisotopic (exact) mass is 139 g/mol. The minimum atomic E-state index is -0.310. The number of aliphatic hydroxyl groups is 1. The average Bonchev–Trinajstić information content (AvgIpc) is 2.34. The molecule has 2 heteroatoms. The maximum atomic E-state index is 9.36. The lowest BCUT2D eigenvalue weighted by molar-refractivity contribution is 0.184. The fourth-order valence-corrected chi connectivity index (χ4v) is 1.87. The Bertz CT molecular complexity index is 174. The molecular formula is C8H13NO. The first-order chi connectivity index (χ1) is 4.88. The van der Waals surface area contributed by atoms with Gasteiger partial charge in [0.2, 0.25) is 0 Å². The van der Waals surface area contributed by atoms with Crippen LogP contribution >= 0.6 is 0 Å². The summed E-state index contributed by atoms with van der Waals surface area (Å²) in [7, 11) is 0. The molecule has 0 saturated carbocycles. The van der Waals surface area contributed by atoms with Crippen LogP contribution in [0.2, 0.25) is 0 Å². The van der Waals surface area contributed by atoms with E-state index in [1.54, 1.807) is 0 Å². The van der Waals surface area contributed by atoms with E-state index in [-0.39, 0.29) is 6.23 Å². The summed E-state index contributed by atoms with van der Waals surface area (Å²) < 4.78 is 0. The maximum absolute atomic E-state index is 9.36. The molecule has 0 radical (unpaired) electrons. The Hall–Kier alpha value is -0.340. The second-order valence-corrected chi connectivity index (χ2v) is 3.12. The summed E-state index contributed by atoms with van der Waals surface area (Å²) >= 11 is 0. The van der Waals surface area contributed by atoms with Gasteiger partial charge in [0.05, 0.1) is 0 Å². The van der Waals surface area contributed by atoms with E-state index in [1.807, 2.05) is 0 Å². The van der Waals surface area contributed by atoms with Crippen molar-refractivity contribution in [3.63, 3.8) is 0 Å². The molecule has 1 unspecified atom stereocenters. The van der Waals surface area contributed by atoms with Gasteiger partial charge in [-0.05, 0) is 31.3 Å². The Morgan fingerprint density at radius 2 is 2.10 bits per heavy atom. The van der Waals surface area contributed by atoms with Crippen LogP contribution in [0.1, 0.15) is 25.7 Å². The largest absolute Gasteiger partial charge is 0.375 e. The highest BCUT2D eigenvalue weighted by Gasteiger charge is 2.24. The third-order valence-electron chi connectivity index (χ3n) is 2.47. The zero-order valence-corrected chi connectivity index (χ0v) is 6.06. The first kappa shape index (κ1) is 6.38. The molecule has 0 aromatic carbocycles. The summed E-state index contributed by atoms with van der Waals surface area (Å²) in [6, 6.07) is 0. The van der Waals surface area contributed by atoms with Crippen LogP contribution in [-0.2, 0) is 0 Å². The zero-order chi connectivity index (χ0) is 6.97. The molecule has 0 bridgehead atoms. The van der Waals surface area contributed by atoms with Gasteiger partial charge in [0, 0.05) is 6.54 Å². The first-order valence-corrected chi connectivity index (χ1v) is 4.00. The van der Waals surface area contributed by atoms with Crippen molar-refractivity contribution < 1.29 is 5.11 Å². The molecule has 56 valence electrons. The molecule has 0 aromatic rings. The molecule has 1 aliphatic carbocycles. The molecule has 2 N–H and O–H groups in total. The van der Waals surface area contributed by atoms with E-state index in [9.17, 15) is 5.11 Å². The second-order valence-electron chi connectivity index (χ2n) is 3.12. The lowest BCUT2D eigenvalue weighted by Gasteiger charge is -2.14. The Morgan fingerprint density at radius 3 is 2.90 bits per heavy atom. The second kappa shape index (κ2) is 2.36. The molecule has 10 heavy (non-hydrogen) atoms. The van der Waals surface area contributed by atoms with Crippen molar-refractivity contribution in [2.75, 3.05) is 6.54 Å². The van der Waals surface area contributed by atoms with E-state index in [2.05, 4.69) is 5.32 Å².